The summed E-state index contributed by atoms with van der Waals surface area (Å²) in [7, 11) is 1.77. The van der Waals surface area contributed by atoms with Crippen molar-refractivity contribution in [3.63, 3.8) is 0 Å². The third-order valence-corrected chi connectivity index (χ3v) is 6.44. The molecular formula is C20H28N4O3. The SMILES string of the molecule is CCC(CC)CN1C[C@]23C=C[C@H](O2)C(C(=O)N(C)Cc2ccn[nH]2)C3C1=O. The molecule has 4 rings (SSSR count). The Balaban J connectivity index is 1.53. The van der Waals surface area contributed by atoms with Gasteiger partial charge in [0.15, 0.2) is 0 Å². The monoisotopic (exact) mass is 372 g/mol. The molecule has 4 heterocycles. The molecule has 2 saturated heterocycles. The lowest BCUT2D eigenvalue weighted by Crippen LogP contribution is -2.44. The number of fused-ring (bicyclic) bond motifs is 1. The zero-order chi connectivity index (χ0) is 19.2. The van der Waals surface area contributed by atoms with Crippen LogP contribution in [0.25, 0.3) is 0 Å². The van der Waals surface area contributed by atoms with E-state index in [1.54, 1.807) is 18.1 Å². The molecule has 2 fully saturated rings. The molecular weight excluding hydrogens is 344 g/mol. The summed E-state index contributed by atoms with van der Waals surface area (Å²) in [4.78, 5) is 30.0. The highest BCUT2D eigenvalue weighted by Gasteiger charge is 2.67. The van der Waals surface area contributed by atoms with E-state index in [4.69, 9.17) is 4.74 Å². The van der Waals surface area contributed by atoms with Crippen molar-refractivity contribution >= 4 is 11.8 Å². The van der Waals surface area contributed by atoms with Crippen molar-refractivity contribution in [2.75, 3.05) is 20.1 Å². The molecule has 7 heteroatoms. The molecule has 0 saturated carbocycles. The first kappa shape index (κ1) is 18.2. The molecule has 2 unspecified atom stereocenters. The Hall–Kier alpha value is -2.15. The summed E-state index contributed by atoms with van der Waals surface area (Å²) in [6.45, 7) is 6.07. The van der Waals surface area contributed by atoms with Crippen molar-refractivity contribution in [3.05, 3.63) is 30.1 Å². The predicted molar refractivity (Wildman–Crippen MR) is 99.4 cm³/mol. The van der Waals surface area contributed by atoms with Crippen LogP contribution in [0.2, 0.25) is 0 Å². The van der Waals surface area contributed by atoms with E-state index in [1.807, 2.05) is 23.1 Å². The molecule has 2 amide bonds. The van der Waals surface area contributed by atoms with Gasteiger partial charge in [0, 0.05) is 19.8 Å². The summed E-state index contributed by atoms with van der Waals surface area (Å²) in [6.07, 6.45) is 7.45. The van der Waals surface area contributed by atoms with E-state index in [0.29, 0.717) is 19.0 Å². The molecule has 7 nitrogen and oxygen atoms in total. The first-order valence-corrected chi connectivity index (χ1v) is 9.88. The quantitative estimate of drug-likeness (QED) is 0.737. The predicted octanol–water partition coefficient (Wildman–Crippen LogP) is 1.59. The summed E-state index contributed by atoms with van der Waals surface area (Å²) in [5, 5.41) is 6.81. The number of carbonyl (C=O) groups is 2. The third kappa shape index (κ3) is 2.88. The van der Waals surface area contributed by atoms with Gasteiger partial charge < -0.3 is 14.5 Å². The molecule has 3 aliphatic heterocycles. The minimum atomic E-state index is -0.622. The van der Waals surface area contributed by atoms with Gasteiger partial charge in [0.25, 0.3) is 0 Å². The molecule has 1 spiro atoms. The fourth-order valence-corrected chi connectivity index (χ4v) is 4.83. The van der Waals surface area contributed by atoms with Crippen LogP contribution in [-0.4, -0.2) is 63.7 Å². The first-order valence-electron chi connectivity index (χ1n) is 9.88. The fraction of sp³-hybridized carbons (Fsp3) is 0.650. The molecule has 1 aromatic rings. The number of ether oxygens (including phenoxy) is 1. The van der Waals surface area contributed by atoms with Crippen LogP contribution in [-0.2, 0) is 20.9 Å². The van der Waals surface area contributed by atoms with Gasteiger partial charge in [0.2, 0.25) is 11.8 Å². The third-order valence-electron chi connectivity index (χ3n) is 6.44. The summed E-state index contributed by atoms with van der Waals surface area (Å²) in [5.41, 5.74) is 0.247. The number of aromatic nitrogens is 2. The van der Waals surface area contributed by atoms with E-state index >= 15 is 0 Å². The molecule has 0 aliphatic carbocycles. The Morgan fingerprint density at radius 2 is 2.26 bits per heavy atom. The van der Waals surface area contributed by atoms with E-state index in [2.05, 4.69) is 24.0 Å². The van der Waals surface area contributed by atoms with Gasteiger partial charge in [0.1, 0.15) is 5.60 Å². The maximum absolute atomic E-state index is 13.2. The normalized spacial score (nSPS) is 31.2. The number of nitrogens with one attached hydrogen (secondary N) is 1. The zero-order valence-corrected chi connectivity index (χ0v) is 16.2. The maximum Gasteiger partial charge on any atom is 0.230 e. The van der Waals surface area contributed by atoms with Crippen molar-refractivity contribution in [2.45, 2.75) is 44.9 Å². The lowest BCUT2D eigenvalue weighted by atomic mass is 9.76. The number of hydrogen-bond acceptors (Lipinski definition) is 4. The largest absolute Gasteiger partial charge is 0.360 e. The second-order valence-electron chi connectivity index (χ2n) is 8.08. The summed E-state index contributed by atoms with van der Waals surface area (Å²) < 4.78 is 6.21. The van der Waals surface area contributed by atoms with E-state index in [9.17, 15) is 9.59 Å². The highest BCUT2D eigenvalue weighted by molar-refractivity contribution is 5.93. The Kier molecular flexibility index (Phi) is 4.58. The van der Waals surface area contributed by atoms with Crippen LogP contribution >= 0.6 is 0 Å². The number of aromatic amines is 1. The fourth-order valence-electron chi connectivity index (χ4n) is 4.83. The number of carbonyl (C=O) groups excluding carboxylic acids is 2. The topological polar surface area (TPSA) is 78.5 Å². The minimum Gasteiger partial charge on any atom is -0.360 e. The van der Waals surface area contributed by atoms with Crippen molar-refractivity contribution < 1.29 is 14.3 Å². The minimum absolute atomic E-state index is 0.0384. The van der Waals surface area contributed by atoms with Crippen molar-refractivity contribution in [3.8, 4) is 0 Å². The van der Waals surface area contributed by atoms with Gasteiger partial charge in [-0.1, -0.05) is 38.8 Å². The molecule has 3 aliphatic rings. The highest BCUT2D eigenvalue weighted by atomic mass is 16.5. The zero-order valence-electron chi connectivity index (χ0n) is 16.2. The van der Waals surface area contributed by atoms with Gasteiger partial charge in [-0.05, 0) is 12.0 Å². The number of H-pyrrole nitrogens is 1. The lowest BCUT2D eigenvalue weighted by molar-refractivity contribution is -0.143. The van der Waals surface area contributed by atoms with E-state index in [-0.39, 0.29) is 17.9 Å². The van der Waals surface area contributed by atoms with Gasteiger partial charge in [-0.2, -0.15) is 5.10 Å². The van der Waals surface area contributed by atoms with Crippen LogP contribution in [0.1, 0.15) is 32.4 Å². The molecule has 146 valence electrons. The standard InChI is InChI=1S/C20H28N4O3/c1-4-13(5-2)10-24-12-20-8-6-15(27-20)16(17(20)19(24)26)18(25)23(3)11-14-7-9-21-22-14/h6-9,13,15-17H,4-5,10-12H2,1-3H3,(H,21,22)/t15-,16?,17?,20-/m0/s1. The second kappa shape index (κ2) is 6.78. The number of hydrogen-bond donors (Lipinski definition) is 1. The lowest BCUT2D eigenvalue weighted by Gasteiger charge is -2.28. The van der Waals surface area contributed by atoms with Gasteiger partial charge >= 0.3 is 0 Å². The Morgan fingerprint density at radius 3 is 2.93 bits per heavy atom. The molecule has 27 heavy (non-hydrogen) atoms. The molecule has 0 aromatic carbocycles. The first-order chi connectivity index (χ1) is 13.0. The highest BCUT2D eigenvalue weighted by Crippen LogP contribution is 2.52. The summed E-state index contributed by atoms with van der Waals surface area (Å²) >= 11 is 0. The van der Waals surface area contributed by atoms with E-state index in [0.717, 1.165) is 25.1 Å². The van der Waals surface area contributed by atoms with Gasteiger partial charge in [-0.15, -0.1) is 0 Å². The number of rotatable bonds is 7. The van der Waals surface area contributed by atoms with Crippen LogP contribution in [0.5, 0.6) is 0 Å². The number of likely N-dealkylation sites (tertiary alicyclic amines) is 1. The van der Waals surface area contributed by atoms with Crippen LogP contribution in [0.4, 0.5) is 0 Å². The summed E-state index contributed by atoms with van der Waals surface area (Å²) in [6, 6.07) is 1.85. The van der Waals surface area contributed by atoms with Crippen molar-refractivity contribution in [2.24, 2.45) is 17.8 Å². The van der Waals surface area contributed by atoms with Crippen LogP contribution < -0.4 is 0 Å². The van der Waals surface area contributed by atoms with Crippen molar-refractivity contribution in [1.29, 1.82) is 0 Å². The second-order valence-corrected chi connectivity index (χ2v) is 8.08. The molecule has 1 N–H and O–H groups in total. The van der Waals surface area contributed by atoms with Crippen molar-refractivity contribution in [1.82, 2.24) is 20.0 Å². The average molecular weight is 372 g/mol. The Labute approximate surface area is 159 Å². The smallest absolute Gasteiger partial charge is 0.230 e. The van der Waals surface area contributed by atoms with E-state index in [1.165, 1.54) is 0 Å². The van der Waals surface area contributed by atoms with Crippen LogP contribution in [0, 0.1) is 17.8 Å². The number of amides is 2. The van der Waals surface area contributed by atoms with Crippen LogP contribution in [0.3, 0.4) is 0 Å². The van der Waals surface area contributed by atoms with Gasteiger partial charge in [0.05, 0.1) is 36.7 Å². The van der Waals surface area contributed by atoms with Gasteiger partial charge in [-0.3, -0.25) is 14.7 Å². The molecule has 0 radical (unpaired) electrons. The van der Waals surface area contributed by atoms with Crippen LogP contribution in [0.15, 0.2) is 24.4 Å². The van der Waals surface area contributed by atoms with Gasteiger partial charge in [-0.25, -0.2) is 0 Å². The van der Waals surface area contributed by atoms with E-state index < -0.39 is 17.4 Å². The Morgan fingerprint density at radius 1 is 1.48 bits per heavy atom. The Bertz CT molecular complexity index is 742. The summed E-state index contributed by atoms with van der Waals surface area (Å²) in [5.74, 6) is -0.325. The molecule has 1 aromatic heterocycles. The maximum atomic E-state index is 13.2. The number of nitrogens with zero attached hydrogens (tertiary/aromatic N) is 3. The molecule has 2 bridgehead atoms. The average Bonchev–Trinajstić information content (AvgIpc) is 3.42. The molecule has 4 atom stereocenters.